The van der Waals surface area contributed by atoms with E-state index in [1.165, 1.54) is 7.11 Å². The van der Waals surface area contributed by atoms with Crippen LogP contribution in [0.4, 0.5) is 0 Å². The van der Waals surface area contributed by atoms with Gasteiger partial charge in [-0.05, 0) is 18.2 Å². The molecule has 1 aromatic carbocycles. The molecule has 1 heterocycles. The van der Waals surface area contributed by atoms with Crippen molar-refractivity contribution in [2.75, 3.05) is 13.7 Å². The number of aliphatic hydroxyl groups is 3. The Morgan fingerprint density at radius 3 is 2.76 bits per heavy atom. The molecule has 0 aliphatic carbocycles. The lowest BCUT2D eigenvalue weighted by Gasteiger charge is -2.17. The molecule has 0 radical (unpaired) electrons. The number of hydrogen-bond donors (Lipinski definition) is 5. The van der Waals surface area contributed by atoms with Crippen molar-refractivity contribution in [2.24, 2.45) is 0 Å². The maximum absolute atomic E-state index is 11.9. The van der Waals surface area contributed by atoms with E-state index in [0.29, 0.717) is 11.3 Å². The lowest BCUT2D eigenvalue weighted by molar-refractivity contribution is -0.0375. The fourth-order valence-electron chi connectivity index (χ4n) is 1.99. The van der Waals surface area contributed by atoms with Crippen LogP contribution in [-0.2, 0) is 4.74 Å². The second-order valence-corrected chi connectivity index (χ2v) is 4.59. The Balaban J connectivity index is 1.92. The fraction of sp³-hybridized carbons (Fsp3) is 0.462. The van der Waals surface area contributed by atoms with Gasteiger partial charge in [0.1, 0.15) is 24.1 Å². The van der Waals surface area contributed by atoms with Gasteiger partial charge in [-0.25, -0.2) is 5.43 Å². The van der Waals surface area contributed by atoms with Crippen LogP contribution in [0.15, 0.2) is 24.3 Å². The van der Waals surface area contributed by atoms with Gasteiger partial charge in [0.05, 0.1) is 13.7 Å². The van der Waals surface area contributed by atoms with Crippen molar-refractivity contribution >= 4 is 5.91 Å². The summed E-state index contributed by atoms with van der Waals surface area (Å²) in [7, 11) is 1.49. The maximum Gasteiger partial charge on any atom is 0.265 e. The highest BCUT2D eigenvalue weighted by Crippen LogP contribution is 2.19. The minimum Gasteiger partial charge on any atom is -0.497 e. The molecule has 1 aliphatic heterocycles. The normalized spacial score (nSPS) is 28.4. The molecule has 1 fully saturated rings. The Morgan fingerprint density at radius 1 is 1.38 bits per heavy atom. The number of nitrogens with one attached hydrogen (secondary N) is 2. The topological polar surface area (TPSA) is 120 Å². The first-order valence-corrected chi connectivity index (χ1v) is 6.39. The third-order valence-corrected chi connectivity index (χ3v) is 3.20. The van der Waals surface area contributed by atoms with Crippen molar-refractivity contribution < 1.29 is 29.6 Å². The second kappa shape index (κ2) is 6.83. The third-order valence-electron chi connectivity index (χ3n) is 3.20. The van der Waals surface area contributed by atoms with Gasteiger partial charge >= 0.3 is 0 Å². The fourth-order valence-corrected chi connectivity index (χ4v) is 1.99. The van der Waals surface area contributed by atoms with Crippen molar-refractivity contribution in [3.05, 3.63) is 29.8 Å². The third kappa shape index (κ3) is 3.49. The van der Waals surface area contributed by atoms with Gasteiger partial charge in [-0.1, -0.05) is 6.07 Å². The second-order valence-electron chi connectivity index (χ2n) is 4.59. The van der Waals surface area contributed by atoms with Crippen LogP contribution in [0.3, 0.4) is 0 Å². The Kier molecular flexibility index (Phi) is 5.10. The SMILES string of the molecule is COc1cccc(C(=O)NN[C@@H]2O[C@H](CO)[C@H](O)[C@@H]2O)c1. The first-order valence-electron chi connectivity index (χ1n) is 6.39. The summed E-state index contributed by atoms with van der Waals surface area (Å²) in [6, 6.07) is 6.52. The van der Waals surface area contributed by atoms with Crippen LogP contribution in [0.5, 0.6) is 5.75 Å². The first kappa shape index (κ1) is 15.7. The molecule has 0 aromatic heterocycles. The minimum atomic E-state index is -1.26. The molecule has 0 saturated carbocycles. The quantitative estimate of drug-likeness (QED) is 0.414. The molecule has 1 saturated heterocycles. The molecule has 2 rings (SSSR count). The molecule has 1 aliphatic rings. The van der Waals surface area contributed by atoms with Crippen molar-refractivity contribution in [3.63, 3.8) is 0 Å². The first-order chi connectivity index (χ1) is 10.1. The molecular weight excluding hydrogens is 280 g/mol. The predicted molar refractivity (Wildman–Crippen MR) is 71.4 cm³/mol. The molecule has 0 bridgehead atoms. The number of hydrogen-bond acceptors (Lipinski definition) is 7. The highest BCUT2D eigenvalue weighted by molar-refractivity contribution is 5.94. The number of amides is 1. The van der Waals surface area contributed by atoms with Crippen LogP contribution >= 0.6 is 0 Å². The van der Waals surface area contributed by atoms with Gasteiger partial charge in [0.25, 0.3) is 5.91 Å². The van der Waals surface area contributed by atoms with Gasteiger partial charge < -0.3 is 24.8 Å². The molecule has 8 nitrogen and oxygen atoms in total. The molecule has 1 amide bonds. The van der Waals surface area contributed by atoms with Gasteiger partial charge in [-0.15, -0.1) is 0 Å². The molecule has 1 aromatic rings. The minimum absolute atomic E-state index is 0.355. The van der Waals surface area contributed by atoms with Crippen LogP contribution in [0, 0.1) is 0 Å². The van der Waals surface area contributed by atoms with Gasteiger partial charge in [-0.2, -0.15) is 0 Å². The number of hydrazine groups is 1. The molecule has 116 valence electrons. The summed E-state index contributed by atoms with van der Waals surface area (Å²) in [6.45, 7) is -0.430. The smallest absolute Gasteiger partial charge is 0.265 e. The van der Waals surface area contributed by atoms with Gasteiger partial charge in [0, 0.05) is 5.56 Å². The summed E-state index contributed by atoms with van der Waals surface area (Å²) in [5.41, 5.74) is 5.20. The van der Waals surface area contributed by atoms with E-state index in [4.69, 9.17) is 14.6 Å². The molecule has 8 heteroatoms. The monoisotopic (exact) mass is 298 g/mol. The summed E-state index contributed by atoms with van der Waals surface area (Å²) >= 11 is 0. The molecule has 5 N–H and O–H groups in total. The lowest BCUT2D eigenvalue weighted by atomic mass is 10.1. The van der Waals surface area contributed by atoms with Crippen molar-refractivity contribution in [1.82, 2.24) is 10.9 Å². The van der Waals surface area contributed by atoms with E-state index in [9.17, 15) is 15.0 Å². The number of rotatable bonds is 5. The number of ether oxygens (including phenoxy) is 2. The predicted octanol–water partition coefficient (Wildman–Crippen LogP) is -1.63. The Hall–Kier alpha value is -1.71. The van der Waals surface area contributed by atoms with E-state index in [2.05, 4.69) is 10.9 Å². The summed E-state index contributed by atoms with van der Waals surface area (Å²) in [5, 5.41) is 28.2. The number of aliphatic hydroxyl groups excluding tert-OH is 3. The van der Waals surface area contributed by atoms with E-state index in [0.717, 1.165) is 0 Å². The van der Waals surface area contributed by atoms with E-state index < -0.39 is 37.1 Å². The molecular formula is C13H18N2O6. The van der Waals surface area contributed by atoms with Gasteiger partial charge in [0.15, 0.2) is 6.23 Å². The number of carbonyl (C=O) groups excluding carboxylic acids is 1. The van der Waals surface area contributed by atoms with E-state index in [1.54, 1.807) is 24.3 Å². The average Bonchev–Trinajstić information content (AvgIpc) is 2.80. The van der Waals surface area contributed by atoms with Crippen LogP contribution in [0.25, 0.3) is 0 Å². The van der Waals surface area contributed by atoms with Crippen LogP contribution in [-0.4, -0.2) is 59.5 Å². The van der Waals surface area contributed by atoms with Crippen LogP contribution < -0.4 is 15.6 Å². The number of benzene rings is 1. The van der Waals surface area contributed by atoms with E-state index in [1.807, 2.05) is 0 Å². The summed E-state index contributed by atoms with van der Waals surface area (Å²) in [4.78, 5) is 11.9. The van der Waals surface area contributed by atoms with Crippen molar-refractivity contribution in [2.45, 2.75) is 24.5 Å². The molecule has 21 heavy (non-hydrogen) atoms. The molecule has 0 unspecified atom stereocenters. The van der Waals surface area contributed by atoms with Crippen molar-refractivity contribution in [3.8, 4) is 5.75 Å². The number of carbonyl (C=O) groups is 1. The Bertz CT molecular complexity index is 497. The summed E-state index contributed by atoms with van der Waals surface area (Å²) < 4.78 is 10.2. The Labute approximate surface area is 121 Å². The molecule has 4 atom stereocenters. The van der Waals surface area contributed by atoms with E-state index >= 15 is 0 Å². The number of methoxy groups -OCH3 is 1. The van der Waals surface area contributed by atoms with Crippen molar-refractivity contribution in [1.29, 1.82) is 0 Å². The maximum atomic E-state index is 11.9. The zero-order valence-corrected chi connectivity index (χ0v) is 11.4. The van der Waals surface area contributed by atoms with Crippen LogP contribution in [0.2, 0.25) is 0 Å². The highest BCUT2D eigenvalue weighted by Gasteiger charge is 2.42. The zero-order valence-electron chi connectivity index (χ0n) is 11.4. The van der Waals surface area contributed by atoms with Gasteiger partial charge in [0.2, 0.25) is 0 Å². The summed E-state index contributed by atoms with van der Waals surface area (Å²) in [6.07, 6.45) is -4.38. The summed E-state index contributed by atoms with van der Waals surface area (Å²) in [5.74, 6) is 0.0854. The van der Waals surface area contributed by atoms with Gasteiger partial charge in [-0.3, -0.25) is 10.2 Å². The molecule has 0 spiro atoms. The lowest BCUT2D eigenvalue weighted by Crippen LogP contribution is -2.49. The largest absolute Gasteiger partial charge is 0.497 e. The van der Waals surface area contributed by atoms with Crippen LogP contribution in [0.1, 0.15) is 10.4 Å². The van der Waals surface area contributed by atoms with E-state index in [-0.39, 0.29) is 0 Å². The highest BCUT2D eigenvalue weighted by atomic mass is 16.6. The Morgan fingerprint density at radius 2 is 2.14 bits per heavy atom. The average molecular weight is 298 g/mol. The zero-order chi connectivity index (χ0) is 15.4. The standard InChI is InChI=1S/C13H18N2O6/c1-20-8-4-2-3-7(5-8)12(19)14-15-13-11(18)10(17)9(6-16)21-13/h2-5,9-11,13,15-18H,6H2,1H3,(H,14,19)/t9-,10+,11+,13-/m1/s1.